The van der Waals surface area contributed by atoms with Crippen molar-refractivity contribution in [3.8, 4) is 11.5 Å². The first-order valence-electron chi connectivity index (χ1n) is 8.75. The lowest BCUT2D eigenvalue weighted by Crippen LogP contribution is -2.41. The highest BCUT2D eigenvalue weighted by molar-refractivity contribution is 7.89. The number of para-hydroxylation sites is 1. The summed E-state index contributed by atoms with van der Waals surface area (Å²) in [4.78, 5) is 12.4. The lowest BCUT2D eigenvalue weighted by Gasteiger charge is -2.15. The molecule has 1 amide bonds. The molecule has 0 saturated heterocycles. The maximum atomic E-state index is 12.4. The molecule has 3 rings (SSSR count). The summed E-state index contributed by atoms with van der Waals surface area (Å²) >= 11 is 5.78. The number of sulfonamides is 1. The van der Waals surface area contributed by atoms with Gasteiger partial charge in [-0.1, -0.05) is 29.8 Å². The second-order valence-electron chi connectivity index (χ2n) is 6.23. The lowest BCUT2D eigenvalue weighted by atomic mass is 10.2. The highest BCUT2D eigenvalue weighted by Gasteiger charge is 2.22. The van der Waals surface area contributed by atoms with Gasteiger partial charge >= 0.3 is 0 Å². The average Bonchev–Trinajstić information content (AvgIpc) is 2.70. The minimum atomic E-state index is -3.84. The van der Waals surface area contributed by atoms with Gasteiger partial charge in [0.15, 0.2) is 0 Å². The third kappa shape index (κ3) is 5.80. The number of anilines is 1. The van der Waals surface area contributed by atoms with Gasteiger partial charge in [0, 0.05) is 10.7 Å². The van der Waals surface area contributed by atoms with Crippen molar-refractivity contribution in [2.75, 3.05) is 5.32 Å². The Morgan fingerprint density at radius 3 is 2.10 bits per heavy atom. The van der Waals surface area contributed by atoms with E-state index in [0.717, 1.165) is 0 Å². The van der Waals surface area contributed by atoms with E-state index in [2.05, 4.69) is 10.0 Å². The summed E-state index contributed by atoms with van der Waals surface area (Å²) in [6, 6.07) is 20.8. The summed E-state index contributed by atoms with van der Waals surface area (Å²) in [5.74, 6) is 0.833. The Morgan fingerprint density at radius 1 is 0.897 bits per heavy atom. The Labute approximate surface area is 174 Å². The van der Waals surface area contributed by atoms with Crippen molar-refractivity contribution >= 4 is 33.2 Å². The number of hydrogen-bond donors (Lipinski definition) is 2. The molecule has 8 heteroatoms. The zero-order valence-electron chi connectivity index (χ0n) is 15.5. The van der Waals surface area contributed by atoms with Gasteiger partial charge in [-0.2, -0.15) is 4.72 Å². The first-order valence-corrected chi connectivity index (χ1v) is 10.6. The van der Waals surface area contributed by atoms with Crippen LogP contribution in [0, 0.1) is 0 Å². The van der Waals surface area contributed by atoms with E-state index >= 15 is 0 Å². The van der Waals surface area contributed by atoms with Crippen LogP contribution in [0.25, 0.3) is 0 Å². The maximum Gasteiger partial charge on any atom is 0.242 e. The number of carbonyl (C=O) groups excluding carboxylic acids is 1. The quantitative estimate of drug-likeness (QED) is 0.580. The van der Waals surface area contributed by atoms with E-state index in [1.54, 1.807) is 24.3 Å². The molecule has 0 saturated carbocycles. The summed E-state index contributed by atoms with van der Waals surface area (Å²) in [6.07, 6.45) is 0. The fourth-order valence-corrected chi connectivity index (χ4v) is 3.78. The molecule has 3 aromatic rings. The van der Waals surface area contributed by atoms with Crippen LogP contribution in [0.5, 0.6) is 11.5 Å². The third-order valence-electron chi connectivity index (χ3n) is 3.95. The van der Waals surface area contributed by atoms with Crippen LogP contribution < -0.4 is 14.8 Å². The van der Waals surface area contributed by atoms with Crippen LogP contribution in [0.3, 0.4) is 0 Å². The van der Waals surface area contributed by atoms with Crippen LogP contribution in [-0.4, -0.2) is 20.4 Å². The predicted molar refractivity (Wildman–Crippen MR) is 113 cm³/mol. The molecule has 0 fully saturated rings. The van der Waals surface area contributed by atoms with Crippen molar-refractivity contribution in [3.05, 3.63) is 83.9 Å². The second-order valence-corrected chi connectivity index (χ2v) is 8.38. The van der Waals surface area contributed by atoms with Crippen LogP contribution in [0.2, 0.25) is 5.02 Å². The van der Waals surface area contributed by atoms with E-state index in [9.17, 15) is 13.2 Å². The molecule has 0 radical (unpaired) electrons. The maximum absolute atomic E-state index is 12.4. The van der Waals surface area contributed by atoms with Crippen molar-refractivity contribution in [2.24, 2.45) is 0 Å². The molecule has 0 unspecified atom stereocenters. The van der Waals surface area contributed by atoms with Gasteiger partial charge in [0.1, 0.15) is 11.5 Å². The number of amides is 1. The minimum Gasteiger partial charge on any atom is -0.457 e. The summed E-state index contributed by atoms with van der Waals surface area (Å²) < 4.78 is 32.8. The molecule has 1 atom stereocenters. The van der Waals surface area contributed by atoms with Crippen molar-refractivity contribution in [1.82, 2.24) is 4.72 Å². The number of benzene rings is 3. The van der Waals surface area contributed by atoms with Gasteiger partial charge in [-0.25, -0.2) is 8.42 Å². The Bertz CT molecular complexity index is 1070. The van der Waals surface area contributed by atoms with Crippen LogP contribution in [0.1, 0.15) is 6.92 Å². The molecule has 2 N–H and O–H groups in total. The smallest absolute Gasteiger partial charge is 0.242 e. The summed E-state index contributed by atoms with van der Waals surface area (Å²) in [5, 5.41) is 3.10. The molecule has 0 heterocycles. The Morgan fingerprint density at radius 2 is 1.48 bits per heavy atom. The lowest BCUT2D eigenvalue weighted by molar-refractivity contribution is -0.117. The first kappa shape index (κ1) is 20.9. The predicted octanol–water partition coefficient (Wildman–Crippen LogP) is 4.44. The third-order valence-corrected chi connectivity index (χ3v) is 5.76. The van der Waals surface area contributed by atoms with E-state index in [-0.39, 0.29) is 4.90 Å². The van der Waals surface area contributed by atoms with Crippen molar-refractivity contribution in [2.45, 2.75) is 17.9 Å². The molecule has 0 spiro atoms. The highest BCUT2D eigenvalue weighted by Crippen LogP contribution is 2.22. The number of ether oxygens (including phenoxy) is 1. The first-order chi connectivity index (χ1) is 13.8. The Kier molecular flexibility index (Phi) is 6.53. The van der Waals surface area contributed by atoms with Crippen molar-refractivity contribution < 1.29 is 17.9 Å². The average molecular weight is 431 g/mol. The molecule has 6 nitrogen and oxygen atoms in total. The second kappa shape index (κ2) is 9.09. The van der Waals surface area contributed by atoms with Crippen molar-refractivity contribution in [1.29, 1.82) is 0 Å². The molecule has 150 valence electrons. The molecular formula is C21H19ClN2O4S. The van der Waals surface area contributed by atoms with Gasteiger partial charge in [0.25, 0.3) is 0 Å². The van der Waals surface area contributed by atoms with Gasteiger partial charge in [-0.15, -0.1) is 0 Å². The Balaban J connectivity index is 1.59. The topological polar surface area (TPSA) is 84.5 Å². The van der Waals surface area contributed by atoms with Gasteiger partial charge in [-0.3, -0.25) is 4.79 Å². The Hall–Kier alpha value is -2.87. The van der Waals surface area contributed by atoms with Crippen LogP contribution >= 0.6 is 11.6 Å². The number of halogens is 1. The zero-order chi connectivity index (χ0) is 20.9. The molecule has 0 aromatic heterocycles. The summed E-state index contributed by atoms with van der Waals surface area (Å²) in [5.41, 5.74) is 0.521. The SMILES string of the molecule is C[C@H](NS(=O)(=O)c1ccc(Cl)cc1)C(=O)Nc1ccc(Oc2ccccc2)cc1. The molecular weight excluding hydrogens is 412 g/mol. The van der Waals surface area contributed by atoms with E-state index < -0.39 is 22.0 Å². The number of nitrogens with one attached hydrogen (secondary N) is 2. The van der Waals surface area contributed by atoms with Gasteiger partial charge in [-0.05, 0) is 67.6 Å². The van der Waals surface area contributed by atoms with Crippen LogP contribution in [-0.2, 0) is 14.8 Å². The molecule has 29 heavy (non-hydrogen) atoms. The number of hydrogen-bond acceptors (Lipinski definition) is 4. The van der Waals surface area contributed by atoms with Crippen LogP contribution in [0.4, 0.5) is 5.69 Å². The molecule has 0 bridgehead atoms. The minimum absolute atomic E-state index is 0.0314. The van der Waals surface area contributed by atoms with E-state index in [0.29, 0.717) is 22.2 Å². The fourth-order valence-electron chi connectivity index (χ4n) is 2.45. The van der Waals surface area contributed by atoms with Crippen molar-refractivity contribution in [3.63, 3.8) is 0 Å². The highest BCUT2D eigenvalue weighted by atomic mass is 35.5. The normalized spacial score (nSPS) is 12.2. The zero-order valence-corrected chi connectivity index (χ0v) is 17.1. The van der Waals surface area contributed by atoms with E-state index in [1.165, 1.54) is 31.2 Å². The van der Waals surface area contributed by atoms with E-state index in [1.807, 2.05) is 30.3 Å². The monoisotopic (exact) mass is 430 g/mol. The fraction of sp³-hybridized carbons (Fsp3) is 0.0952. The molecule has 0 aliphatic rings. The standard InChI is InChI=1S/C21H19ClN2O4S/c1-15(24-29(26,27)20-13-7-16(22)8-14-20)21(25)23-17-9-11-19(12-10-17)28-18-5-3-2-4-6-18/h2-15,24H,1H3,(H,23,25)/t15-/m0/s1. The molecule has 3 aromatic carbocycles. The largest absolute Gasteiger partial charge is 0.457 e. The number of rotatable bonds is 7. The van der Waals surface area contributed by atoms with Crippen LogP contribution in [0.15, 0.2) is 83.8 Å². The molecule has 0 aliphatic carbocycles. The summed E-state index contributed by atoms with van der Waals surface area (Å²) in [6.45, 7) is 1.47. The van der Waals surface area contributed by atoms with Gasteiger partial charge in [0.2, 0.25) is 15.9 Å². The van der Waals surface area contributed by atoms with Gasteiger partial charge < -0.3 is 10.1 Å². The summed E-state index contributed by atoms with van der Waals surface area (Å²) in [7, 11) is -3.84. The number of carbonyl (C=O) groups is 1. The van der Waals surface area contributed by atoms with Gasteiger partial charge in [0.05, 0.1) is 10.9 Å². The van der Waals surface area contributed by atoms with E-state index in [4.69, 9.17) is 16.3 Å². The molecule has 0 aliphatic heterocycles.